The number of ketones is 2. The lowest BCUT2D eigenvalue weighted by atomic mass is 9.82. The molecule has 2 aliphatic rings. The fourth-order valence-corrected chi connectivity index (χ4v) is 6.59. The summed E-state index contributed by atoms with van der Waals surface area (Å²) in [5.74, 6) is -1.95. The Morgan fingerprint density at radius 2 is 1.33 bits per heavy atom. The highest BCUT2D eigenvalue weighted by Crippen LogP contribution is 2.63. The van der Waals surface area contributed by atoms with Gasteiger partial charge in [0.15, 0.2) is 11.6 Å². The van der Waals surface area contributed by atoms with Crippen LogP contribution in [0.15, 0.2) is 24.8 Å². The summed E-state index contributed by atoms with van der Waals surface area (Å²) < 4.78 is 39.5. The third kappa shape index (κ3) is 7.06. The molecule has 2 N–H and O–H groups in total. The second-order valence-electron chi connectivity index (χ2n) is 7.84. The van der Waals surface area contributed by atoms with E-state index in [4.69, 9.17) is 9.05 Å². The van der Waals surface area contributed by atoms with Crippen molar-refractivity contribution in [1.29, 1.82) is 0 Å². The summed E-state index contributed by atoms with van der Waals surface area (Å²) in [6.45, 7) is 8.57. The quantitative estimate of drug-likeness (QED) is 0.359. The second kappa shape index (κ2) is 10.6. The van der Waals surface area contributed by atoms with Crippen molar-refractivity contribution in [2.75, 3.05) is 0 Å². The zero-order chi connectivity index (χ0) is 22.5. The number of carbonyl (C=O) groups is 2. The van der Waals surface area contributed by atoms with Gasteiger partial charge in [-0.25, -0.2) is 9.13 Å². The van der Waals surface area contributed by atoms with Crippen LogP contribution in [-0.4, -0.2) is 33.6 Å². The Morgan fingerprint density at radius 1 is 0.900 bits per heavy atom. The van der Waals surface area contributed by atoms with E-state index in [0.717, 1.165) is 18.9 Å². The number of rotatable bonds is 10. The first-order valence-electron chi connectivity index (χ1n) is 10.1. The van der Waals surface area contributed by atoms with Crippen LogP contribution < -0.4 is 0 Å². The van der Waals surface area contributed by atoms with E-state index in [1.165, 1.54) is 0 Å². The molecule has 2 fully saturated rings. The van der Waals surface area contributed by atoms with Crippen LogP contribution in [0.4, 0.5) is 0 Å². The van der Waals surface area contributed by atoms with Gasteiger partial charge in [-0.15, -0.1) is 0 Å². The third-order valence-corrected chi connectivity index (χ3v) is 8.20. The Bertz CT molecular complexity index is 778. The molecule has 0 saturated heterocycles. The van der Waals surface area contributed by atoms with Crippen molar-refractivity contribution >= 4 is 27.2 Å². The summed E-state index contributed by atoms with van der Waals surface area (Å²) in [5, 5.41) is 0. The van der Waals surface area contributed by atoms with Gasteiger partial charge < -0.3 is 9.79 Å². The summed E-state index contributed by atoms with van der Waals surface area (Å²) in [7, 11) is -10.1. The third-order valence-electron chi connectivity index (χ3n) is 5.47. The monoisotopic (exact) mass is 464 g/mol. The van der Waals surface area contributed by atoms with Crippen LogP contribution in [0.1, 0.15) is 58.3 Å². The Morgan fingerprint density at radius 3 is 1.80 bits per heavy atom. The Hall–Kier alpha value is -0.920. The van der Waals surface area contributed by atoms with Crippen LogP contribution in [0.2, 0.25) is 0 Å². The standard InChI is InChI=1S/C19H30O9P2/c1-4-16(20)14-9-5-7-11-17(14)26-29(22,23)28-30(24,25)27-18-12-8-6-10-15(18)19(21)13(2)3/h4,14-15,17-18H,1-2,5-12H2,3H3,(H,22,23)(H,24,25). The van der Waals surface area contributed by atoms with Gasteiger partial charge in [0.05, 0.1) is 12.2 Å². The van der Waals surface area contributed by atoms with Crippen molar-refractivity contribution in [3.63, 3.8) is 0 Å². The van der Waals surface area contributed by atoms with E-state index < -0.39 is 39.7 Å². The summed E-state index contributed by atoms with van der Waals surface area (Å²) in [6, 6.07) is 0. The van der Waals surface area contributed by atoms with Gasteiger partial charge in [0.1, 0.15) is 0 Å². The van der Waals surface area contributed by atoms with Gasteiger partial charge >= 0.3 is 15.6 Å². The number of allylic oxidation sites excluding steroid dienone is 2. The topological polar surface area (TPSA) is 136 Å². The smallest absolute Gasteiger partial charge is 0.302 e. The van der Waals surface area contributed by atoms with E-state index in [1.54, 1.807) is 6.92 Å². The van der Waals surface area contributed by atoms with E-state index in [1.807, 2.05) is 0 Å². The second-order valence-corrected chi connectivity index (χ2v) is 10.8. The molecule has 0 heterocycles. The first-order valence-corrected chi connectivity index (χ1v) is 13.0. The molecule has 0 spiro atoms. The van der Waals surface area contributed by atoms with Gasteiger partial charge in [0, 0.05) is 11.8 Å². The lowest BCUT2D eigenvalue weighted by Crippen LogP contribution is -2.34. The molecule has 170 valence electrons. The Balaban J connectivity index is 2.06. The molecule has 0 bridgehead atoms. The van der Waals surface area contributed by atoms with Crippen LogP contribution in [0, 0.1) is 11.8 Å². The van der Waals surface area contributed by atoms with E-state index in [-0.39, 0.29) is 11.6 Å². The number of hydrogen-bond acceptors (Lipinski definition) is 7. The zero-order valence-corrected chi connectivity index (χ0v) is 18.9. The number of Topliss-reactive ketones (excluding diaryl/α,β-unsaturated/α-hetero) is 1. The summed E-state index contributed by atoms with van der Waals surface area (Å²) in [5.41, 5.74) is 0.301. The SMILES string of the molecule is C=CC(=O)C1CCCCC1OP(=O)(O)OP(=O)(O)OC1CCCCC1C(=O)C(=C)C. The minimum absolute atomic E-state index is 0.281. The van der Waals surface area contributed by atoms with E-state index in [9.17, 15) is 28.5 Å². The van der Waals surface area contributed by atoms with Crippen molar-refractivity contribution in [2.24, 2.45) is 11.8 Å². The maximum atomic E-state index is 12.4. The van der Waals surface area contributed by atoms with Crippen molar-refractivity contribution in [1.82, 2.24) is 0 Å². The van der Waals surface area contributed by atoms with Crippen molar-refractivity contribution in [2.45, 2.75) is 70.5 Å². The fourth-order valence-electron chi connectivity index (χ4n) is 4.05. The summed E-state index contributed by atoms with van der Waals surface area (Å²) >= 11 is 0. The molecule has 0 aromatic heterocycles. The molecule has 6 unspecified atom stereocenters. The molecule has 2 rings (SSSR count). The molecule has 9 nitrogen and oxygen atoms in total. The van der Waals surface area contributed by atoms with Gasteiger partial charge in [-0.2, -0.15) is 4.31 Å². The van der Waals surface area contributed by atoms with Crippen LogP contribution in [0.25, 0.3) is 0 Å². The molecule has 11 heteroatoms. The van der Waals surface area contributed by atoms with Gasteiger partial charge in [-0.1, -0.05) is 38.8 Å². The highest BCUT2D eigenvalue weighted by molar-refractivity contribution is 7.61. The van der Waals surface area contributed by atoms with Crippen molar-refractivity contribution in [3.05, 3.63) is 24.8 Å². The van der Waals surface area contributed by atoms with Crippen molar-refractivity contribution in [3.8, 4) is 0 Å². The van der Waals surface area contributed by atoms with Gasteiger partial charge in [-0.3, -0.25) is 18.6 Å². The molecule has 0 aromatic carbocycles. The van der Waals surface area contributed by atoms with Crippen LogP contribution >= 0.6 is 15.6 Å². The lowest BCUT2D eigenvalue weighted by Gasteiger charge is -2.33. The van der Waals surface area contributed by atoms with Crippen LogP contribution in [-0.2, 0) is 32.1 Å². The number of hydrogen-bond donors (Lipinski definition) is 2. The predicted octanol–water partition coefficient (Wildman–Crippen LogP) is 4.25. The van der Waals surface area contributed by atoms with Crippen LogP contribution in [0.5, 0.6) is 0 Å². The lowest BCUT2D eigenvalue weighted by molar-refractivity contribution is -0.123. The van der Waals surface area contributed by atoms with E-state index in [0.29, 0.717) is 44.1 Å². The minimum atomic E-state index is -5.03. The van der Waals surface area contributed by atoms with Gasteiger partial charge in [-0.05, 0) is 44.3 Å². The Labute approximate surface area is 176 Å². The Kier molecular flexibility index (Phi) is 8.95. The van der Waals surface area contributed by atoms with Crippen molar-refractivity contribution < 1.29 is 41.9 Å². The molecule has 0 aliphatic heterocycles. The molecule has 30 heavy (non-hydrogen) atoms. The highest BCUT2D eigenvalue weighted by Gasteiger charge is 2.44. The maximum Gasteiger partial charge on any atom is 0.481 e. The number of carbonyl (C=O) groups excluding carboxylic acids is 2. The number of phosphoric ester groups is 2. The molecule has 6 atom stereocenters. The molecular formula is C19H30O9P2. The molecule has 0 aromatic rings. The minimum Gasteiger partial charge on any atom is -0.302 e. The highest BCUT2D eigenvalue weighted by atomic mass is 31.3. The fraction of sp³-hybridized carbons (Fsp3) is 0.684. The van der Waals surface area contributed by atoms with E-state index >= 15 is 0 Å². The first kappa shape index (κ1) is 25.3. The average molecular weight is 464 g/mol. The van der Waals surface area contributed by atoms with E-state index in [2.05, 4.69) is 17.5 Å². The maximum absolute atomic E-state index is 12.4. The zero-order valence-electron chi connectivity index (χ0n) is 17.1. The average Bonchev–Trinajstić information content (AvgIpc) is 2.66. The van der Waals surface area contributed by atoms with Crippen LogP contribution in [0.3, 0.4) is 0 Å². The summed E-state index contributed by atoms with van der Waals surface area (Å²) in [4.78, 5) is 44.4. The molecular weight excluding hydrogens is 434 g/mol. The molecule has 2 saturated carbocycles. The van der Waals surface area contributed by atoms with Gasteiger partial charge in [0.25, 0.3) is 0 Å². The number of phosphoric acid groups is 2. The normalized spacial score (nSPS) is 31.2. The molecule has 0 radical (unpaired) electrons. The first-order chi connectivity index (χ1) is 14.0. The predicted molar refractivity (Wildman–Crippen MR) is 109 cm³/mol. The summed E-state index contributed by atoms with van der Waals surface area (Å²) in [6.07, 6.45) is 3.65. The molecule has 2 aliphatic carbocycles. The molecule has 0 amide bonds. The van der Waals surface area contributed by atoms with Gasteiger partial charge in [0.2, 0.25) is 0 Å². The largest absolute Gasteiger partial charge is 0.481 e.